The molecule has 0 aliphatic heterocycles. The molecule has 1 aliphatic rings. The highest BCUT2D eigenvalue weighted by atomic mass is 35.5. The summed E-state index contributed by atoms with van der Waals surface area (Å²) in [6.45, 7) is 3.88. The van der Waals surface area contributed by atoms with Gasteiger partial charge in [0.15, 0.2) is 5.75 Å². The quantitative estimate of drug-likeness (QED) is 0.154. The van der Waals surface area contributed by atoms with Crippen LogP contribution in [0.5, 0.6) is 11.5 Å². The van der Waals surface area contributed by atoms with E-state index in [0.717, 1.165) is 48.8 Å². The van der Waals surface area contributed by atoms with Crippen molar-refractivity contribution in [2.24, 2.45) is 0 Å². The zero-order chi connectivity index (χ0) is 33.9. The molecule has 0 saturated heterocycles. The van der Waals surface area contributed by atoms with Crippen molar-refractivity contribution in [3.8, 4) is 34.0 Å². The van der Waals surface area contributed by atoms with Gasteiger partial charge in [-0.3, -0.25) is 4.79 Å². The van der Waals surface area contributed by atoms with Crippen molar-refractivity contribution in [1.82, 2.24) is 14.9 Å². The molecule has 0 bridgehead atoms. The van der Waals surface area contributed by atoms with E-state index in [1.54, 1.807) is 42.5 Å². The Bertz CT molecular complexity index is 1980. The van der Waals surface area contributed by atoms with Crippen LogP contribution in [0.1, 0.15) is 78.3 Å². The Morgan fingerprint density at radius 3 is 2.40 bits per heavy atom. The van der Waals surface area contributed by atoms with Crippen LogP contribution in [0, 0.1) is 5.82 Å². The number of hydrogen-bond donors (Lipinski definition) is 2. The van der Waals surface area contributed by atoms with Crippen molar-refractivity contribution in [2.75, 3.05) is 7.11 Å². The second kappa shape index (κ2) is 14.1. The Morgan fingerprint density at radius 1 is 1.00 bits per heavy atom. The maximum atomic E-state index is 16.1. The van der Waals surface area contributed by atoms with Crippen molar-refractivity contribution in [3.63, 3.8) is 0 Å². The fourth-order valence-electron chi connectivity index (χ4n) is 6.45. The van der Waals surface area contributed by atoms with Crippen LogP contribution < -0.4 is 14.8 Å². The van der Waals surface area contributed by atoms with Gasteiger partial charge in [-0.05, 0) is 91.9 Å². The predicted molar refractivity (Wildman–Crippen MR) is 185 cm³/mol. The lowest BCUT2D eigenvalue weighted by atomic mass is 9.94. The third kappa shape index (κ3) is 6.73. The minimum Gasteiger partial charge on any atom is -0.493 e. The van der Waals surface area contributed by atoms with E-state index in [-0.39, 0.29) is 41.5 Å². The SMILES string of the molecule is COc1c(C(=O)O)ccc2c1nc(-c1ccc(OCc3cc(C(=O)NC(C)C)ccc3-c3ccc(Cl)cc3)cc1F)n2C1CCCCC1. The summed E-state index contributed by atoms with van der Waals surface area (Å²) < 4.78 is 29.8. The number of methoxy groups -OCH3 is 1. The highest BCUT2D eigenvalue weighted by Crippen LogP contribution is 2.40. The fourth-order valence-corrected chi connectivity index (χ4v) is 6.58. The molecular weight excluding hydrogens is 633 g/mol. The number of rotatable bonds is 10. The van der Waals surface area contributed by atoms with E-state index >= 15 is 4.39 Å². The molecule has 248 valence electrons. The topological polar surface area (TPSA) is 103 Å². The molecule has 2 N–H and O–H groups in total. The molecule has 1 saturated carbocycles. The van der Waals surface area contributed by atoms with Crippen LogP contribution in [0.4, 0.5) is 4.39 Å². The molecular formula is C38H37ClFN3O5. The van der Waals surface area contributed by atoms with Crippen LogP contribution >= 0.6 is 11.6 Å². The average molecular weight is 670 g/mol. The number of fused-ring (bicyclic) bond motifs is 1. The van der Waals surface area contributed by atoms with Crippen LogP contribution in [-0.2, 0) is 6.61 Å². The minimum atomic E-state index is -1.12. The number of hydrogen-bond acceptors (Lipinski definition) is 5. The van der Waals surface area contributed by atoms with Gasteiger partial charge in [-0.25, -0.2) is 14.2 Å². The first-order valence-electron chi connectivity index (χ1n) is 16.1. The third-order valence-electron chi connectivity index (χ3n) is 8.71. The van der Waals surface area contributed by atoms with E-state index in [1.807, 2.05) is 36.6 Å². The molecule has 0 atom stereocenters. The zero-order valence-electron chi connectivity index (χ0n) is 27.1. The molecule has 6 rings (SSSR count). The highest BCUT2D eigenvalue weighted by molar-refractivity contribution is 6.30. The van der Waals surface area contributed by atoms with E-state index in [0.29, 0.717) is 33.2 Å². The van der Waals surface area contributed by atoms with Crippen LogP contribution in [0.2, 0.25) is 5.02 Å². The van der Waals surface area contributed by atoms with E-state index < -0.39 is 11.8 Å². The standard InChI is InChI=1S/C38H37ClFN3O5/c1-22(2)41-37(44)24-11-15-29(23-9-12-26(39)13-10-23)25(19-24)21-48-28-14-16-30(32(40)20-28)36-42-34-33(43(36)27-7-5-4-6-8-27)18-17-31(38(45)46)35(34)47-3/h9-20,22,27H,4-8,21H2,1-3H3,(H,41,44)(H,45,46). The van der Waals surface area contributed by atoms with Crippen LogP contribution in [0.25, 0.3) is 33.5 Å². The molecule has 1 fully saturated rings. The lowest BCUT2D eigenvalue weighted by molar-refractivity contribution is 0.0693. The summed E-state index contributed by atoms with van der Waals surface area (Å²) >= 11 is 6.13. The molecule has 48 heavy (non-hydrogen) atoms. The number of carboxylic acids is 1. The van der Waals surface area contributed by atoms with Gasteiger partial charge in [0.25, 0.3) is 5.91 Å². The highest BCUT2D eigenvalue weighted by Gasteiger charge is 2.27. The van der Waals surface area contributed by atoms with Gasteiger partial charge < -0.3 is 24.5 Å². The number of halogens is 2. The van der Waals surface area contributed by atoms with Gasteiger partial charge in [-0.2, -0.15) is 0 Å². The first-order chi connectivity index (χ1) is 23.1. The molecule has 1 amide bonds. The molecule has 4 aromatic carbocycles. The number of ether oxygens (including phenoxy) is 2. The van der Waals surface area contributed by atoms with Gasteiger partial charge in [-0.1, -0.05) is 49.1 Å². The number of aromatic nitrogens is 2. The van der Waals surface area contributed by atoms with E-state index in [4.69, 9.17) is 26.1 Å². The molecule has 0 radical (unpaired) electrons. The van der Waals surface area contributed by atoms with E-state index in [1.165, 1.54) is 19.2 Å². The summed E-state index contributed by atoms with van der Waals surface area (Å²) in [6.07, 6.45) is 5.04. The third-order valence-corrected chi connectivity index (χ3v) is 8.96. The second-order valence-corrected chi connectivity index (χ2v) is 12.8. The Labute approximate surface area is 283 Å². The summed E-state index contributed by atoms with van der Waals surface area (Å²) in [5.74, 6) is -0.980. The van der Waals surface area contributed by atoms with E-state index in [2.05, 4.69) is 5.32 Å². The van der Waals surface area contributed by atoms with Gasteiger partial charge in [0.1, 0.15) is 35.1 Å². The van der Waals surface area contributed by atoms with Gasteiger partial charge in [-0.15, -0.1) is 0 Å². The Kier molecular flexibility index (Phi) is 9.68. The largest absolute Gasteiger partial charge is 0.493 e. The monoisotopic (exact) mass is 669 g/mol. The Balaban J connectivity index is 1.35. The molecule has 1 heterocycles. The second-order valence-electron chi connectivity index (χ2n) is 12.4. The molecule has 8 nitrogen and oxygen atoms in total. The van der Waals surface area contributed by atoms with Crippen LogP contribution in [-0.4, -0.2) is 39.7 Å². The predicted octanol–water partition coefficient (Wildman–Crippen LogP) is 9.09. The lowest BCUT2D eigenvalue weighted by Gasteiger charge is -2.26. The molecule has 0 spiro atoms. The van der Waals surface area contributed by atoms with Crippen molar-refractivity contribution < 1.29 is 28.6 Å². The maximum absolute atomic E-state index is 16.1. The number of carbonyl (C=O) groups is 2. The van der Waals surface area contributed by atoms with Gasteiger partial charge in [0, 0.05) is 28.7 Å². The minimum absolute atomic E-state index is 0.00205. The number of nitrogens with zero attached hydrogens (tertiary/aromatic N) is 2. The van der Waals surface area contributed by atoms with Crippen molar-refractivity contribution in [3.05, 3.63) is 100 Å². The fraction of sp³-hybridized carbons (Fsp3) is 0.289. The number of imidazole rings is 1. The first-order valence-corrected chi connectivity index (χ1v) is 16.5. The van der Waals surface area contributed by atoms with Gasteiger partial charge in [0.05, 0.1) is 18.2 Å². The zero-order valence-corrected chi connectivity index (χ0v) is 27.8. The molecule has 0 unspecified atom stereocenters. The molecule has 10 heteroatoms. The van der Waals surface area contributed by atoms with Crippen molar-refractivity contribution in [2.45, 2.75) is 64.6 Å². The van der Waals surface area contributed by atoms with Gasteiger partial charge in [0.2, 0.25) is 0 Å². The number of benzene rings is 4. The van der Waals surface area contributed by atoms with Crippen LogP contribution in [0.15, 0.2) is 72.8 Å². The number of aromatic carboxylic acids is 1. The normalized spacial score (nSPS) is 13.5. The van der Waals surface area contributed by atoms with Crippen molar-refractivity contribution >= 4 is 34.5 Å². The van der Waals surface area contributed by atoms with Crippen LogP contribution in [0.3, 0.4) is 0 Å². The molecule has 1 aliphatic carbocycles. The summed E-state index contributed by atoms with van der Waals surface area (Å²) in [4.78, 5) is 29.6. The lowest BCUT2D eigenvalue weighted by Crippen LogP contribution is -2.30. The molecule has 1 aromatic heterocycles. The number of amides is 1. The number of carboxylic acid groups (broad SMARTS) is 1. The summed E-state index contributed by atoms with van der Waals surface area (Å²) in [5, 5.41) is 13.3. The first kappa shape index (κ1) is 33.0. The molecule has 5 aromatic rings. The maximum Gasteiger partial charge on any atom is 0.339 e. The van der Waals surface area contributed by atoms with Gasteiger partial charge >= 0.3 is 5.97 Å². The smallest absolute Gasteiger partial charge is 0.339 e. The summed E-state index contributed by atoms with van der Waals surface area (Å²) in [7, 11) is 1.41. The summed E-state index contributed by atoms with van der Waals surface area (Å²) in [6, 6.07) is 20.8. The van der Waals surface area contributed by atoms with E-state index in [9.17, 15) is 14.7 Å². The Hall–Kier alpha value is -4.89. The number of carbonyl (C=O) groups excluding carboxylic acids is 1. The number of nitrogens with one attached hydrogen (secondary N) is 1. The van der Waals surface area contributed by atoms with Crippen molar-refractivity contribution in [1.29, 1.82) is 0 Å². The Morgan fingerprint density at radius 2 is 1.73 bits per heavy atom. The average Bonchev–Trinajstić information content (AvgIpc) is 3.46. The summed E-state index contributed by atoms with van der Waals surface area (Å²) in [5.41, 5.74) is 4.36.